The van der Waals surface area contributed by atoms with Crippen molar-refractivity contribution in [3.05, 3.63) is 58.7 Å². The van der Waals surface area contributed by atoms with Gasteiger partial charge in [0.25, 0.3) is 0 Å². The molecule has 0 unspecified atom stereocenters. The summed E-state index contributed by atoms with van der Waals surface area (Å²) < 4.78 is 0. The number of anilines is 1. The summed E-state index contributed by atoms with van der Waals surface area (Å²) in [5.74, 6) is -0.262. The minimum absolute atomic E-state index is 0.180. The van der Waals surface area contributed by atoms with E-state index in [2.05, 4.69) is 4.98 Å². The van der Waals surface area contributed by atoms with E-state index in [1.807, 2.05) is 36.2 Å². The number of hydrogen-bond donors (Lipinski definition) is 1. The molecule has 0 aliphatic carbocycles. The second-order valence-electron chi connectivity index (χ2n) is 4.20. The van der Waals surface area contributed by atoms with Gasteiger partial charge in [0.05, 0.1) is 5.56 Å². The number of carboxylic acid groups (broad SMARTS) is 1. The van der Waals surface area contributed by atoms with E-state index in [-0.39, 0.29) is 5.56 Å². The first kappa shape index (κ1) is 13.4. The van der Waals surface area contributed by atoms with Gasteiger partial charge in [0, 0.05) is 24.8 Å². The van der Waals surface area contributed by atoms with Crippen LogP contribution in [-0.4, -0.2) is 23.1 Å². The fourth-order valence-corrected chi connectivity index (χ4v) is 1.94. The van der Waals surface area contributed by atoms with Crippen molar-refractivity contribution < 1.29 is 9.90 Å². The highest BCUT2D eigenvalue weighted by Crippen LogP contribution is 2.16. The quantitative estimate of drug-likeness (QED) is 0.932. The third-order valence-corrected chi connectivity index (χ3v) is 2.93. The second kappa shape index (κ2) is 5.71. The second-order valence-corrected chi connectivity index (χ2v) is 4.63. The van der Waals surface area contributed by atoms with Crippen LogP contribution in [0, 0.1) is 0 Å². The molecule has 1 aromatic heterocycles. The minimum Gasteiger partial charge on any atom is -0.478 e. The number of halogens is 1. The van der Waals surface area contributed by atoms with Gasteiger partial charge in [-0.3, -0.25) is 0 Å². The molecule has 2 aromatic rings. The molecule has 0 aliphatic rings. The van der Waals surface area contributed by atoms with Gasteiger partial charge in [-0.1, -0.05) is 23.7 Å². The summed E-state index contributed by atoms with van der Waals surface area (Å²) in [7, 11) is 1.89. The fraction of sp³-hybridized carbons (Fsp3) is 0.143. The fourth-order valence-electron chi connectivity index (χ4n) is 1.73. The summed E-state index contributed by atoms with van der Waals surface area (Å²) in [5.41, 5.74) is 1.25. The average molecular weight is 277 g/mol. The summed E-state index contributed by atoms with van der Waals surface area (Å²) in [6.45, 7) is 0.653. The molecule has 1 N–H and O–H groups in total. The highest BCUT2D eigenvalue weighted by molar-refractivity contribution is 6.30. The van der Waals surface area contributed by atoms with Gasteiger partial charge in [0.1, 0.15) is 5.82 Å². The molecule has 0 radical (unpaired) electrons. The number of hydrogen-bond acceptors (Lipinski definition) is 3. The van der Waals surface area contributed by atoms with Crippen LogP contribution in [0.3, 0.4) is 0 Å². The Hall–Kier alpha value is -2.07. The third-order valence-electron chi connectivity index (χ3n) is 2.69. The highest BCUT2D eigenvalue weighted by atomic mass is 35.5. The number of aromatic carboxylic acids is 1. The van der Waals surface area contributed by atoms with E-state index in [1.165, 1.54) is 6.20 Å². The van der Waals surface area contributed by atoms with E-state index in [0.717, 1.165) is 5.56 Å². The molecule has 0 saturated carbocycles. The molecule has 2 rings (SSSR count). The lowest BCUT2D eigenvalue weighted by Crippen LogP contribution is -2.17. The molecule has 0 bridgehead atoms. The van der Waals surface area contributed by atoms with Crippen LogP contribution in [0.4, 0.5) is 5.82 Å². The van der Waals surface area contributed by atoms with Crippen LogP contribution < -0.4 is 4.90 Å². The third kappa shape index (κ3) is 3.45. The molecule has 0 saturated heterocycles. The molecule has 0 aliphatic heterocycles. The Morgan fingerprint density at radius 2 is 2.16 bits per heavy atom. The number of aromatic nitrogens is 1. The van der Waals surface area contributed by atoms with Crippen molar-refractivity contribution in [3.63, 3.8) is 0 Å². The summed E-state index contributed by atoms with van der Waals surface area (Å²) in [4.78, 5) is 16.8. The van der Waals surface area contributed by atoms with Crippen molar-refractivity contribution in [1.82, 2.24) is 4.98 Å². The van der Waals surface area contributed by atoms with E-state index in [1.54, 1.807) is 12.1 Å². The van der Waals surface area contributed by atoms with E-state index < -0.39 is 5.97 Å². The van der Waals surface area contributed by atoms with Crippen LogP contribution in [0.1, 0.15) is 15.9 Å². The topological polar surface area (TPSA) is 53.4 Å². The molecule has 0 spiro atoms. The van der Waals surface area contributed by atoms with E-state index in [9.17, 15) is 4.79 Å². The summed E-state index contributed by atoms with van der Waals surface area (Å²) >= 11 is 5.93. The van der Waals surface area contributed by atoms with Crippen LogP contribution >= 0.6 is 11.6 Å². The van der Waals surface area contributed by atoms with Crippen molar-refractivity contribution in [1.29, 1.82) is 0 Å². The number of rotatable bonds is 4. The number of carboxylic acids is 1. The maximum absolute atomic E-state index is 10.7. The smallest absolute Gasteiger partial charge is 0.337 e. The monoisotopic (exact) mass is 276 g/mol. The molecule has 0 amide bonds. The van der Waals surface area contributed by atoms with Crippen molar-refractivity contribution in [3.8, 4) is 0 Å². The Labute approximate surface area is 116 Å². The van der Waals surface area contributed by atoms with Gasteiger partial charge < -0.3 is 10.0 Å². The zero-order chi connectivity index (χ0) is 13.8. The van der Waals surface area contributed by atoms with Crippen molar-refractivity contribution >= 4 is 23.4 Å². The van der Waals surface area contributed by atoms with Gasteiger partial charge >= 0.3 is 5.97 Å². The van der Waals surface area contributed by atoms with E-state index in [4.69, 9.17) is 16.7 Å². The molecule has 1 heterocycles. The van der Waals surface area contributed by atoms with Gasteiger partial charge in [-0.2, -0.15) is 0 Å². The molecule has 0 fully saturated rings. The van der Waals surface area contributed by atoms with Crippen molar-refractivity contribution in [2.75, 3.05) is 11.9 Å². The Morgan fingerprint density at radius 3 is 2.74 bits per heavy atom. The first-order valence-corrected chi connectivity index (χ1v) is 6.09. The molecule has 4 nitrogen and oxygen atoms in total. The number of carbonyl (C=O) groups is 1. The normalized spacial score (nSPS) is 10.2. The lowest BCUT2D eigenvalue weighted by atomic mass is 10.2. The largest absolute Gasteiger partial charge is 0.478 e. The van der Waals surface area contributed by atoms with Crippen LogP contribution in [0.5, 0.6) is 0 Å². The predicted molar refractivity (Wildman–Crippen MR) is 74.8 cm³/mol. The maximum Gasteiger partial charge on any atom is 0.337 e. The maximum atomic E-state index is 10.7. The van der Waals surface area contributed by atoms with Gasteiger partial charge in [0.2, 0.25) is 0 Å². The van der Waals surface area contributed by atoms with Crippen LogP contribution in [0.2, 0.25) is 5.02 Å². The lowest BCUT2D eigenvalue weighted by Gasteiger charge is -2.18. The Balaban J connectivity index is 2.11. The Bertz CT molecular complexity index is 584. The predicted octanol–water partition coefficient (Wildman–Crippen LogP) is 3.07. The molecular weight excluding hydrogens is 264 g/mol. The van der Waals surface area contributed by atoms with Gasteiger partial charge in [-0.05, 0) is 29.8 Å². The summed E-state index contributed by atoms with van der Waals surface area (Å²) in [5, 5.41) is 9.51. The van der Waals surface area contributed by atoms with Gasteiger partial charge in [0.15, 0.2) is 0 Å². The van der Waals surface area contributed by atoms with Crippen LogP contribution in [0.15, 0.2) is 42.6 Å². The van der Waals surface area contributed by atoms with Crippen molar-refractivity contribution in [2.45, 2.75) is 6.54 Å². The molecule has 5 heteroatoms. The standard InChI is InChI=1S/C14H13ClN2O2/c1-17(9-10-3-2-4-12(15)7-10)13-6-5-11(8-16-13)14(18)19/h2-8H,9H2,1H3,(H,18,19). The zero-order valence-electron chi connectivity index (χ0n) is 10.4. The minimum atomic E-state index is -0.975. The Morgan fingerprint density at radius 1 is 1.37 bits per heavy atom. The number of pyridine rings is 1. The molecule has 19 heavy (non-hydrogen) atoms. The van der Waals surface area contributed by atoms with Gasteiger partial charge in [-0.25, -0.2) is 9.78 Å². The first-order chi connectivity index (χ1) is 9.06. The van der Waals surface area contributed by atoms with Crippen LogP contribution in [0.25, 0.3) is 0 Å². The van der Waals surface area contributed by atoms with Crippen LogP contribution in [-0.2, 0) is 6.54 Å². The van der Waals surface area contributed by atoms with Crippen molar-refractivity contribution in [2.24, 2.45) is 0 Å². The zero-order valence-corrected chi connectivity index (χ0v) is 11.1. The SMILES string of the molecule is CN(Cc1cccc(Cl)c1)c1ccc(C(=O)O)cn1. The lowest BCUT2D eigenvalue weighted by molar-refractivity contribution is 0.0696. The average Bonchev–Trinajstić information content (AvgIpc) is 2.39. The first-order valence-electron chi connectivity index (χ1n) is 5.71. The molecule has 98 valence electrons. The number of nitrogens with zero attached hydrogens (tertiary/aromatic N) is 2. The highest BCUT2D eigenvalue weighted by Gasteiger charge is 2.07. The molecule has 0 atom stereocenters. The van der Waals surface area contributed by atoms with E-state index >= 15 is 0 Å². The summed E-state index contributed by atoms with van der Waals surface area (Å²) in [6, 6.07) is 10.8. The number of benzene rings is 1. The molecular formula is C14H13ClN2O2. The summed E-state index contributed by atoms with van der Waals surface area (Å²) in [6.07, 6.45) is 1.35. The molecule has 1 aromatic carbocycles. The van der Waals surface area contributed by atoms with Gasteiger partial charge in [-0.15, -0.1) is 0 Å². The Kier molecular flexibility index (Phi) is 4.02. The van der Waals surface area contributed by atoms with E-state index in [0.29, 0.717) is 17.4 Å².